The third-order valence-electron chi connectivity index (χ3n) is 3.29. The van der Waals surface area contributed by atoms with Crippen molar-refractivity contribution >= 4 is 23.0 Å². The molecule has 22 heavy (non-hydrogen) atoms. The van der Waals surface area contributed by atoms with Crippen molar-refractivity contribution in [3.63, 3.8) is 0 Å². The monoisotopic (exact) mass is 316 g/mol. The van der Waals surface area contributed by atoms with Gasteiger partial charge in [0.25, 0.3) is 0 Å². The molecule has 1 atom stereocenters. The zero-order chi connectivity index (χ0) is 15.9. The fourth-order valence-corrected chi connectivity index (χ4v) is 2.34. The van der Waals surface area contributed by atoms with E-state index in [0.29, 0.717) is 5.11 Å². The largest absolute Gasteiger partial charge is 0.497 e. The minimum absolute atomic E-state index is 0.0940. The molecule has 0 aliphatic carbocycles. The molecule has 0 aromatic heterocycles. The number of nitrogens with one attached hydrogen (secondary N) is 2. The first kappa shape index (κ1) is 16.1. The lowest BCUT2D eigenvalue weighted by Gasteiger charge is -2.18. The molecule has 2 aromatic carbocycles. The summed E-state index contributed by atoms with van der Waals surface area (Å²) >= 11 is 5.35. The Hall–Kier alpha value is -2.27. The number of hydrogen-bond acceptors (Lipinski definition) is 3. The summed E-state index contributed by atoms with van der Waals surface area (Å²) in [5.41, 5.74) is 2.02. The average Bonchev–Trinajstić information content (AvgIpc) is 2.55. The van der Waals surface area contributed by atoms with Gasteiger partial charge in [0.15, 0.2) is 5.11 Å². The van der Waals surface area contributed by atoms with E-state index in [1.54, 1.807) is 14.2 Å². The van der Waals surface area contributed by atoms with Gasteiger partial charge in [-0.3, -0.25) is 0 Å². The number of ether oxygens (including phenoxy) is 2. The summed E-state index contributed by atoms with van der Waals surface area (Å²) in [6, 6.07) is 15.6. The summed E-state index contributed by atoms with van der Waals surface area (Å²) < 4.78 is 10.4. The van der Waals surface area contributed by atoms with Gasteiger partial charge in [0.2, 0.25) is 0 Å². The maximum atomic E-state index is 5.35. The lowest BCUT2D eigenvalue weighted by molar-refractivity contribution is 0.414. The number of benzene rings is 2. The van der Waals surface area contributed by atoms with Crippen molar-refractivity contribution < 1.29 is 9.47 Å². The van der Waals surface area contributed by atoms with Gasteiger partial charge >= 0.3 is 0 Å². The highest BCUT2D eigenvalue weighted by Gasteiger charge is 2.07. The highest BCUT2D eigenvalue weighted by Crippen LogP contribution is 2.19. The van der Waals surface area contributed by atoms with Gasteiger partial charge in [-0.1, -0.05) is 18.2 Å². The Morgan fingerprint density at radius 3 is 2.32 bits per heavy atom. The van der Waals surface area contributed by atoms with E-state index < -0.39 is 0 Å². The van der Waals surface area contributed by atoms with E-state index >= 15 is 0 Å². The van der Waals surface area contributed by atoms with Gasteiger partial charge in [-0.05, 0) is 49.0 Å². The van der Waals surface area contributed by atoms with E-state index in [4.69, 9.17) is 21.7 Å². The normalized spacial score (nSPS) is 11.4. The molecule has 4 nitrogen and oxygen atoms in total. The number of methoxy groups -OCH3 is 2. The van der Waals surface area contributed by atoms with Gasteiger partial charge < -0.3 is 20.1 Å². The molecule has 0 bridgehead atoms. The molecule has 0 unspecified atom stereocenters. The van der Waals surface area contributed by atoms with Crippen LogP contribution in [-0.2, 0) is 0 Å². The predicted octanol–water partition coefficient (Wildman–Crippen LogP) is 3.75. The second kappa shape index (κ2) is 7.66. The third-order valence-corrected chi connectivity index (χ3v) is 3.51. The maximum Gasteiger partial charge on any atom is 0.171 e. The summed E-state index contributed by atoms with van der Waals surface area (Å²) in [6.07, 6.45) is 0. The van der Waals surface area contributed by atoms with Gasteiger partial charge in [-0.25, -0.2) is 0 Å². The zero-order valence-electron chi connectivity index (χ0n) is 12.9. The number of rotatable bonds is 5. The van der Waals surface area contributed by atoms with Crippen LogP contribution >= 0.6 is 12.2 Å². The van der Waals surface area contributed by atoms with Gasteiger partial charge in [0, 0.05) is 11.8 Å². The summed E-state index contributed by atoms with van der Waals surface area (Å²) in [5, 5.41) is 6.98. The van der Waals surface area contributed by atoms with E-state index in [9.17, 15) is 0 Å². The molecule has 0 saturated heterocycles. The van der Waals surface area contributed by atoms with E-state index in [-0.39, 0.29) is 6.04 Å². The van der Waals surface area contributed by atoms with E-state index in [1.807, 2.05) is 48.5 Å². The number of thiocarbonyl (C=S) groups is 1. The maximum absolute atomic E-state index is 5.35. The fraction of sp³-hybridized carbons (Fsp3) is 0.235. The van der Waals surface area contributed by atoms with Crippen molar-refractivity contribution in [2.75, 3.05) is 19.5 Å². The molecule has 0 aliphatic heterocycles. The van der Waals surface area contributed by atoms with Gasteiger partial charge in [-0.2, -0.15) is 0 Å². The molecule has 2 rings (SSSR count). The fourth-order valence-electron chi connectivity index (χ4n) is 2.04. The molecule has 2 aromatic rings. The Morgan fingerprint density at radius 1 is 1.00 bits per heavy atom. The van der Waals surface area contributed by atoms with Crippen LogP contribution in [0.1, 0.15) is 18.5 Å². The third kappa shape index (κ3) is 4.36. The first-order valence-electron chi connectivity index (χ1n) is 6.98. The lowest BCUT2D eigenvalue weighted by Crippen LogP contribution is -2.30. The molecule has 2 N–H and O–H groups in total. The predicted molar refractivity (Wildman–Crippen MR) is 93.8 cm³/mol. The minimum atomic E-state index is 0.0940. The second-order valence-electron chi connectivity index (χ2n) is 4.83. The molecule has 0 spiro atoms. The Bertz CT molecular complexity index is 629. The molecule has 5 heteroatoms. The summed E-state index contributed by atoms with van der Waals surface area (Å²) in [7, 11) is 3.30. The van der Waals surface area contributed by atoms with Crippen LogP contribution < -0.4 is 20.1 Å². The topological polar surface area (TPSA) is 42.5 Å². The van der Waals surface area contributed by atoms with Crippen LogP contribution in [0.2, 0.25) is 0 Å². The van der Waals surface area contributed by atoms with E-state index in [2.05, 4.69) is 17.6 Å². The van der Waals surface area contributed by atoms with Crippen LogP contribution in [0.4, 0.5) is 5.69 Å². The van der Waals surface area contributed by atoms with Crippen molar-refractivity contribution in [3.8, 4) is 11.5 Å². The van der Waals surface area contributed by atoms with Crippen molar-refractivity contribution in [2.45, 2.75) is 13.0 Å². The number of hydrogen-bond donors (Lipinski definition) is 2. The van der Waals surface area contributed by atoms with Crippen LogP contribution in [-0.4, -0.2) is 19.3 Å². The first-order chi connectivity index (χ1) is 10.6. The SMILES string of the molecule is COc1ccc([C@@H](C)NC(=S)Nc2cccc(OC)c2)cc1. The zero-order valence-corrected chi connectivity index (χ0v) is 13.7. The van der Waals surface area contributed by atoms with Gasteiger partial charge in [0.1, 0.15) is 11.5 Å². The highest BCUT2D eigenvalue weighted by molar-refractivity contribution is 7.80. The summed E-state index contributed by atoms with van der Waals surface area (Å²) in [5.74, 6) is 1.63. The Kier molecular flexibility index (Phi) is 5.61. The molecule has 0 heterocycles. The Labute approximate surface area is 136 Å². The molecular weight excluding hydrogens is 296 g/mol. The molecule has 0 saturated carbocycles. The highest BCUT2D eigenvalue weighted by atomic mass is 32.1. The van der Waals surface area contributed by atoms with Crippen LogP contribution in [0.3, 0.4) is 0 Å². The van der Waals surface area contributed by atoms with Crippen molar-refractivity contribution in [1.82, 2.24) is 5.32 Å². The van der Waals surface area contributed by atoms with Gasteiger partial charge in [-0.15, -0.1) is 0 Å². The molecule has 0 amide bonds. The van der Waals surface area contributed by atoms with E-state index in [1.165, 1.54) is 0 Å². The van der Waals surface area contributed by atoms with Crippen LogP contribution in [0, 0.1) is 0 Å². The Morgan fingerprint density at radius 2 is 1.68 bits per heavy atom. The average molecular weight is 316 g/mol. The molecule has 0 radical (unpaired) electrons. The molecule has 0 aliphatic rings. The van der Waals surface area contributed by atoms with Crippen LogP contribution in [0.25, 0.3) is 0 Å². The van der Waals surface area contributed by atoms with Crippen molar-refractivity contribution in [1.29, 1.82) is 0 Å². The van der Waals surface area contributed by atoms with E-state index in [0.717, 1.165) is 22.7 Å². The number of anilines is 1. The van der Waals surface area contributed by atoms with Crippen molar-refractivity contribution in [3.05, 3.63) is 54.1 Å². The molecule has 0 fully saturated rings. The quantitative estimate of drug-likeness (QED) is 0.822. The lowest BCUT2D eigenvalue weighted by atomic mass is 10.1. The first-order valence-corrected chi connectivity index (χ1v) is 7.38. The summed E-state index contributed by atoms with van der Waals surface area (Å²) in [4.78, 5) is 0. The standard InChI is InChI=1S/C17H20N2O2S/c1-12(13-7-9-15(20-2)10-8-13)18-17(22)19-14-5-4-6-16(11-14)21-3/h4-12H,1-3H3,(H2,18,19,22)/t12-/m1/s1. The second-order valence-corrected chi connectivity index (χ2v) is 5.23. The minimum Gasteiger partial charge on any atom is -0.497 e. The summed E-state index contributed by atoms with van der Waals surface area (Å²) in [6.45, 7) is 2.06. The molecule has 116 valence electrons. The van der Waals surface area contributed by atoms with Gasteiger partial charge in [0.05, 0.1) is 20.3 Å². The van der Waals surface area contributed by atoms with Crippen LogP contribution in [0.5, 0.6) is 11.5 Å². The molecular formula is C17H20N2O2S. The van der Waals surface area contributed by atoms with Crippen LogP contribution in [0.15, 0.2) is 48.5 Å². The smallest absolute Gasteiger partial charge is 0.171 e. The Balaban J connectivity index is 1.95. The van der Waals surface area contributed by atoms with Crippen molar-refractivity contribution in [2.24, 2.45) is 0 Å².